The highest BCUT2D eigenvalue weighted by atomic mass is 16.5. The van der Waals surface area contributed by atoms with Gasteiger partial charge in [-0.1, -0.05) is 42.5 Å². The Morgan fingerprint density at radius 1 is 1.00 bits per heavy atom. The molecular weight excluding hydrogens is 476 g/mol. The summed E-state index contributed by atoms with van der Waals surface area (Å²) in [5, 5.41) is 35.9. The summed E-state index contributed by atoms with van der Waals surface area (Å²) in [6.07, 6.45) is -0.0352. The van der Waals surface area contributed by atoms with Crippen molar-refractivity contribution in [2.75, 3.05) is 21.3 Å². The van der Waals surface area contributed by atoms with Crippen LogP contribution in [0.15, 0.2) is 66.7 Å². The lowest BCUT2D eigenvalue weighted by Crippen LogP contribution is -2.52. The molecule has 0 spiro atoms. The number of amides is 1. The second-order valence-corrected chi connectivity index (χ2v) is 9.00. The number of fused-ring (bicyclic) bond motifs is 3. The van der Waals surface area contributed by atoms with E-state index in [9.17, 15) is 20.3 Å². The molecule has 190 valence electrons. The van der Waals surface area contributed by atoms with E-state index in [0.29, 0.717) is 22.6 Å². The van der Waals surface area contributed by atoms with Gasteiger partial charge in [-0.15, -0.1) is 0 Å². The van der Waals surface area contributed by atoms with Crippen molar-refractivity contribution in [1.29, 1.82) is 5.26 Å². The van der Waals surface area contributed by atoms with Crippen LogP contribution in [0.2, 0.25) is 0 Å². The first-order chi connectivity index (χ1) is 17.9. The summed E-state index contributed by atoms with van der Waals surface area (Å²) in [5.74, 6) is -1.45. The van der Waals surface area contributed by atoms with Crippen LogP contribution in [-0.4, -0.2) is 43.6 Å². The van der Waals surface area contributed by atoms with Crippen LogP contribution in [0.4, 0.5) is 0 Å². The standard InChI is InChI=1S/C28H26N2O7/c1-34-18-11-9-17(10-12-18)28-23(16-7-5-4-6-8-16)22(26(32)30-15-29)25(31)27(28,33)24-20(36-3)13-19(35-2)14-21(24)37-28/h4-14,22-23,25,31,33H,1-3H3,(H,30,32)/t22-,23-,25-,27+,28+/m1/s1. The highest BCUT2D eigenvalue weighted by Crippen LogP contribution is 2.70. The van der Waals surface area contributed by atoms with E-state index in [1.54, 1.807) is 66.9 Å². The zero-order chi connectivity index (χ0) is 26.4. The van der Waals surface area contributed by atoms with Gasteiger partial charge in [-0.3, -0.25) is 10.1 Å². The van der Waals surface area contributed by atoms with E-state index >= 15 is 0 Å². The molecule has 0 unspecified atom stereocenters. The summed E-state index contributed by atoms with van der Waals surface area (Å²) in [7, 11) is 4.47. The molecule has 5 rings (SSSR count). The van der Waals surface area contributed by atoms with Crippen molar-refractivity contribution in [3.63, 3.8) is 0 Å². The maximum absolute atomic E-state index is 13.3. The second-order valence-electron chi connectivity index (χ2n) is 9.00. The van der Waals surface area contributed by atoms with Crippen LogP contribution in [0, 0.1) is 17.4 Å². The quantitative estimate of drug-likeness (QED) is 0.346. The number of benzene rings is 3. The lowest BCUT2D eigenvalue weighted by atomic mass is 9.70. The number of nitrogens with one attached hydrogen (secondary N) is 1. The summed E-state index contributed by atoms with van der Waals surface area (Å²) in [6, 6.07) is 19.1. The van der Waals surface area contributed by atoms with Gasteiger partial charge < -0.3 is 29.2 Å². The molecule has 1 aliphatic carbocycles. The zero-order valence-electron chi connectivity index (χ0n) is 20.5. The molecule has 37 heavy (non-hydrogen) atoms. The SMILES string of the molecule is COc1ccc([C@@]23Oc4cc(OC)cc(OC)c4[C@]2(O)[C@H](O)[C@H](C(=O)NC#N)[C@H]3c2ccccc2)cc1. The molecule has 3 aromatic rings. The Bertz CT molecular complexity index is 1370. The van der Waals surface area contributed by atoms with Gasteiger partial charge in [-0.25, -0.2) is 0 Å². The minimum atomic E-state index is -2.16. The number of ether oxygens (including phenoxy) is 4. The number of hydrogen-bond donors (Lipinski definition) is 3. The van der Waals surface area contributed by atoms with Crippen molar-refractivity contribution >= 4 is 5.91 Å². The van der Waals surface area contributed by atoms with E-state index in [1.807, 2.05) is 6.07 Å². The fraction of sp³-hybridized carbons (Fsp3) is 0.286. The first-order valence-corrected chi connectivity index (χ1v) is 11.6. The number of carbonyl (C=O) groups is 1. The monoisotopic (exact) mass is 502 g/mol. The van der Waals surface area contributed by atoms with Crippen LogP contribution in [0.25, 0.3) is 0 Å². The zero-order valence-corrected chi connectivity index (χ0v) is 20.5. The third kappa shape index (κ3) is 3.26. The lowest BCUT2D eigenvalue weighted by molar-refractivity contribution is -0.154. The van der Waals surface area contributed by atoms with Crippen molar-refractivity contribution in [2.45, 2.75) is 23.2 Å². The van der Waals surface area contributed by atoms with E-state index < -0.39 is 35.0 Å². The number of hydrogen-bond acceptors (Lipinski definition) is 8. The van der Waals surface area contributed by atoms with E-state index in [4.69, 9.17) is 18.9 Å². The molecule has 1 fully saturated rings. The topological polar surface area (TPSA) is 130 Å². The Balaban J connectivity index is 1.88. The molecule has 1 heterocycles. The van der Waals surface area contributed by atoms with Gasteiger partial charge in [-0.05, 0) is 23.3 Å². The van der Waals surface area contributed by atoms with Crippen molar-refractivity contribution in [2.24, 2.45) is 5.92 Å². The van der Waals surface area contributed by atoms with Gasteiger partial charge in [0.15, 0.2) is 17.4 Å². The molecule has 3 N–H and O–H groups in total. The van der Waals surface area contributed by atoms with Gasteiger partial charge >= 0.3 is 0 Å². The summed E-state index contributed by atoms with van der Waals surface area (Å²) >= 11 is 0. The smallest absolute Gasteiger partial charge is 0.239 e. The van der Waals surface area contributed by atoms with Gasteiger partial charge in [0.1, 0.15) is 29.1 Å². The van der Waals surface area contributed by atoms with Crippen LogP contribution in [0.1, 0.15) is 22.6 Å². The molecule has 0 saturated heterocycles. The molecule has 2 aliphatic rings. The normalized spacial score (nSPS) is 27.3. The molecule has 9 heteroatoms. The van der Waals surface area contributed by atoms with E-state index in [-0.39, 0.29) is 17.1 Å². The van der Waals surface area contributed by atoms with Gasteiger partial charge in [-0.2, -0.15) is 5.26 Å². The van der Waals surface area contributed by atoms with E-state index in [1.165, 1.54) is 21.3 Å². The third-order valence-corrected chi connectivity index (χ3v) is 7.44. The third-order valence-electron chi connectivity index (χ3n) is 7.44. The number of nitrogens with zero attached hydrogens (tertiary/aromatic N) is 1. The predicted octanol–water partition coefficient (Wildman–Crippen LogP) is 2.56. The highest BCUT2D eigenvalue weighted by molar-refractivity contribution is 5.84. The molecular formula is C28H26N2O7. The molecule has 1 amide bonds. The molecule has 1 saturated carbocycles. The highest BCUT2D eigenvalue weighted by Gasteiger charge is 2.78. The van der Waals surface area contributed by atoms with Gasteiger partial charge in [0.2, 0.25) is 5.91 Å². The molecule has 0 bridgehead atoms. The van der Waals surface area contributed by atoms with E-state index in [0.717, 1.165) is 0 Å². The first kappa shape index (κ1) is 24.4. The fourth-order valence-corrected chi connectivity index (χ4v) is 5.93. The second kappa shape index (κ2) is 9.00. The summed E-state index contributed by atoms with van der Waals surface area (Å²) in [6.45, 7) is 0. The summed E-state index contributed by atoms with van der Waals surface area (Å²) in [4.78, 5) is 13.3. The van der Waals surface area contributed by atoms with Crippen LogP contribution in [0.5, 0.6) is 23.0 Å². The number of aliphatic hydroxyl groups excluding tert-OH is 1. The fourth-order valence-electron chi connectivity index (χ4n) is 5.93. The average Bonchev–Trinajstić information content (AvgIpc) is 3.31. The Labute approximate surface area is 213 Å². The van der Waals surface area contributed by atoms with Crippen molar-refractivity contribution in [3.05, 3.63) is 83.4 Å². The molecule has 5 atom stereocenters. The van der Waals surface area contributed by atoms with Crippen molar-refractivity contribution in [1.82, 2.24) is 5.32 Å². The largest absolute Gasteiger partial charge is 0.497 e. The average molecular weight is 503 g/mol. The van der Waals surface area contributed by atoms with Crippen LogP contribution in [-0.2, 0) is 16.0 Å². The van der Waals surface area contributed by atoms with Gasteiger partial charge in [0.25, 0.3) is 0 Å². The van der Waals surface area contributed by atoms with Crippen molar-refractivity contribution in [3.8, 4) is 29.2 Å². The molecule has 0 aromatic heterocycles. The maximum atomic E-state index is 13.3. The van der Waals surface area contributed by atoms with Crippen LogP contribution >= 0.6 is 0 Å². The number of methoxy groups -OCH3 is 3. The van der Waals surface area contributed by atoms with Crippen LogP contribution < -0.4 is 24.3 Å². The number of carbonyl (C=O) groups excluding carboxylic acids is 1. The Hall–Kier alpha value is -4.26. The van der Waals surface area contributed by atoms with E-state index in [2.05, 4.69) is 5.32 Å². The molecule has 9 nitrogen and oxygen atoms in total. The van der Waals surface area contributed by atoms with Gasteiger partial charge in [0.05, 0.1) is 32.8 Å². The Morgan fingerprint density at radius 2 is 1.68 bits per heavy atom. The minimum absolute atomic E-state index is 0.187. The summed E-state index contributed by atoms with van der Waals surface area (Å²) in [5.41, 5.74) is -2.54. The molecule has 1 aliphatic heterocycles. The van der Waals surface area contributed by atoms with Crippen LogP contribution in [0.3, 0.4) is 0 Å². The lowest BCUT2D eigenvalue weighted by Gasteiger charge is -2.40. The van der Waals surface area contributed by atoms with Gasteiger partial charge in [0, 0.05) is 18.1 Å². The Morgan fingerprint density at radius 3 is 2.27 bits per heavy atom. The number of rotatable bonds is 6. The Kier molecular flexibility index (Phi) is 5.94. The maximum Gasteiger partial charge on any atom is 0.239 e. The molecule has 0 radical (unpaired) electrons. The number of aliphatic hydroxyl groups is 2. The number of nitriles is 1. The predicted molar refractivity (Wildman–Crippen MR) is 131 cm³/mol. The molecule has 3 aromatic carbocycles. The minimum Gasteiger partial charge on any atom is -0.497 e. The van der Waals surface area contributed by atoms with Crippen molar-refractivity contribution < 1.29 is 34.0 Å². The first-order valence-electron chi connectivity index (χ1n) is 11.6. The summed E-state index contributed by atoms with van der Waals surface area (Å²) < 4.78 is 23.1.